The summed E-state index contributed by atoms with van der Waals surface area (Å²) in [5, 5.41) is 0. The minimum Gasteiger partial charge on any atom is -0.379 e. The number of halogens is 2. The van der Waals surface area contributed by atoms with Gasteiger partial charge in [-0.05, 0) is 34.1 Å². The fourth-order valence-electron chi connectivity index (χ4n) is 1.57. The largest absolute Gasteiger partial charge is 0.379 e. The Hall–Kier alpha value is -0.500. The highest BCUT2D eigenvalue weighted by molar-refractivity contribution is 9.10. The Morgan fingerprint density at radius 2 is 1.94 bits per heavy atom. The van der Waals surface area contributed by atoms with E-state index in [0.29, 0.717) is 26.3 Å². The molecule has 0 aromatic heterocycles. The molecule has 0 unspecified atom stereocenters. The number of ether oxygens (including phenoxy) is 1. The molecule has 1 heterocycles. The third kappa shape index (κ3) is 2.67. The van der Waals surface area contributed by atoms with Crippen molar-refractivity contribution in [2.45, 2.75) is 4.90 Å². The standard InChI is InChI=1S/C10H11BrFNO3S/c11-9-7-8(1-2-10(9)12)17(14,15)13-3-5-16-6-4-13/h1-2,7H,3-6H2. The van der Waals surface area contributed by atoms with Crippen LogP contribution in [0.3, 0.4) is 0 Å². The molecule has 2 rings (SSSR count). The lowest BCUT2D eigenvalue weighted by molar-refractivity contribution is 0.0730. The van der Waals surface area contributed by atoms with E-state index in [2.05, 4.69) is 15.9 Å². The first-order valence-corrected chi connectivity index (χ1v) is 7.28. The molecule has 94 valence electrons. The first kappa shape index (κ1) is 12.9. The lowest BCUT2D eigenvalue weighted by atomic mass is 10.3. The van der Waals surface area contributed by atoms with Crippen molar-refractivity contribution in [3.05, 3.63) is 28.5 Å². The van der Waals surface area contributed by atoms with Gasteiger partial charge in [-0.2, -0.15) is 4.31 Å². The van der Waals surface area contributed by atoms with Crippen molar-refractivity contribution in [3.8, 4) is 0 Å². The summed E-state index contributed by atoms with van der Waals surface area (Å²) < 4.78 is 44.0. The Morgan fingerprint density at radius 3 is 2.53 bits per heavy atom. The zero-order valence-corrected chi connectivity index (χ0v) is 11.3. The van der Waals surface area contributed by atoms with Gasteiger partial charge in [0.2, 0.25) is 10.0 Å². The number of benzene rings is 1. The van der Waals surface area contributed by atoms with Crippen molar-refractivity contribution in [2.24, 2.45) is 0 Å². The summed E-state index contributed by atoms with van der Waals surface area (Å²) in [6, 6.07) is 3.68. The summed E-state index contributed by atoms with van der Waals surface area (Å²) in [6.07, 6.45) is 0. The van der Waals surface area contributed by atoms with E-state index in [9.17, 15) is 12.8 Å². The zero-order chi connectivity index (χ0) is 12.5. The molecule has 0 amide bonds. The topological polar surface area (TPSA) is 46.6 Å². The second-order valence-corrected chi connectivity index (χ2v) is 6.38. The van der Waals surface area contributed by atoms with Crippen molar-refractivity contribution >= 4 is 26.0 Å². The third-order valence-corrected chi connectivity index (χ3v) is 5.00. The molecule has 1 aliphatic rings. The smallest absolute Gasteiger partial charge is 0.243 e. The van der Waals surface area contributed by atoms with E-state index in [4.69, 9.17) is 4.74 Å². The van der Waals surface area contributed by atoms with Gasteiger partial charge in [-0.25, -0.2) is 12.8 Å². The van der Waals surface area contributed by atoms with Crippen molar-refractivity contribution < 1.29 is 17.5 Å². The predicted octanol–water partition coefficient (Wildman–Crippen LogP) is 1.61. The molecule has 0 aliphatic carbocycles. The molecule has 4 nitrogen and oxygen atoms in total. The lowest BCUT2D eigenvalue weighted by Gasteiger charge is -2.26. The highest BCUT2D eigenvalue weighted by Crippen LogP contribution is 2.23. The number of sulfonamides is 1. The Bertz CT molecular complexity index is 514. The summed E-state index contributed by atoms with van der Waals surface area (Å²) in [4.78, 5) is 0.0904. The average Bonchev–Trinajstić information content (AvgIpc) is 2.33. The maximum absolute atomic E-state index is 13.1. The van der Waals surface area contributed by atoms with Crippen LogP contribution in [0.4, 0.5) is 4.39 Å². The molecule has 0 spiro atoms. The molecule has 0 radical (unpaired) electrons. The van der Waals surface area contributed by atoms with Crippen LogP contribution >= 0.6 is 15.9 Å². The van der Waals surface area contributed by atoms with E-state index < -0.39 is 15.8 Å². The van der Waals surface area contributed by atoms with Crippen LogP contribution < -0.4 is 0 Å². The molecule has 1 fully saturated rings. The molecule has 7 heteroatoms. The highest BCUT2D eigenvalue weighted by atomic mass is 79.9. The van der Waals surface area contributed by atoms with Gasteiger partial charge in [0, 0.05) is 13.1 Å². The first-order chi connectivity index (χ1) is 8.01. The van der Waals surface area contributed by atoms with Gasteiger partial charge in [0.1, 0.15) is 5.82 Å². The molecule has 1 aromatic carbocycles. The summed E-state index contributed by atoms with van der Waals surface area (Å²) in [5.74, 6) is -0.481. The zero-order valence-electron chi connectivity index (χ0n) is 8.90. The van der Waals surface area contributed by atoms with Crippen LogP contribution in [-0.4, -0.2) is 39.0 Å². The van der Waals surface area contributed by atoms with Crippen LogP contribution in [0, 0.1) is 5.82 Å². The van der Waals surface area contributed by atoms with E-state index in [1.54, 1.807) is 0 Å². The second-order valence-electron chi connectivity index (χ2n) is 3.59. The molecule has 0 N–H and O–H groups in total. The molecule has 1 saturated heterocycles. The maximum Gasteiger partial charge on any atom is 0.243 e. The van der Waals surface area contributed by atoms with Crippen molar-refractivity contribution in [3.63, 3.8) is 0 Å². The molecular weight excluding hydrogens is 313 g/mol. The van der Waals surface area contributed by atoms with Gasteiger partial charge >= 0.3 is 0 Å². The van der Waals surface area contributed by atoms with Gasteiger partial charge in [-0.3, -0.25) is 0 Å². The fraction of sp³-hybridized carbons (Fsp3) is 0.400. The second kappa shape index (κ2) is 5.01. The Labute approximate surface area is 108 Å². The SMILES string of the molecule is O=S(=O)(c1ccc(F)c(Br)c1)N1CCOCC1. The van der Waals surface area contributed by atoms with Gasteiger partial charge in [-0.15, -0.1) is 0 Å². The summed E-state index contributed by atoms with van der Waals surface area (Å²) in [7, 11) is -3.54. The number of morpholine rings is 1. The molecule has 1 aromatic rings. The van der Waals surface area contributed by atoms with Crippen LogP contribution in [0.5, 0.6) is 0 Å². The van der Waals surface area contributed by atoms with Gasteiger partial charge in [0.15, 0.2) is 0 Å². The van der Waals surface area contributed by atoms with Crippen LogP contribution in [0.25, 0.3) is 0 Å². The van der Waals surface area contributed by atoms with Crippen LogP contribution in [0.15, 0.2) is 27.6 Å². The molecule has 0 atom stereocenters. The first-order valence-electron chi connectivity index (χ1n) is 5.05. The van der Waals surface area contributed by atoms with Crippen LogP contribution in [0.1, 0.15) is 0 Å². The van der Waals surface area contributed by atoms with Crippen LogP contribution in [0.2, 0.25) is 0 Å². The van der Waals surface area contributed by atoms with Gasteiger partial charge < -0.3 is 4.74 Å². The Balaban J connectivity index is 2.33. The minimum atomic E-state index is -3.54. The van der Waals surface area contributed by atoms with Crippen LogP contribution in [-0.2, 0) is 14.8 Å². The Morgan fingerprint density at radius 1 is 1.29 bits per heavy atom. The van der Waals surface area contributed by atoms with E-state index in [1.807, 2.05) is 0 Å². The predicted molar refractivity (Wildman–Crippen MR) is 63.7 cm³/mol. The molecule has 0 saturated carbocycles. The molecule has 0 bridgehead atoms. The molecule has 1 aliphatic heterocycles. The molecular formula is C10H11BrFNO3S. The summed E-state index contributed by atoms with van der Waals surface area (Å²) in [5.41, 5.74) is 0. The minimum absolute atomic E-state index is 0.0904. The van der Waals surface area contributed by atoms with Crippen molar-refractivity contribution in [1.82, 2.24) is 4.31 Å². The third-order valence-electron chi connectivity index (χ3n) is 2.50. The highest BCUT2D eigenvalue weighted by Gasteiger charge is 2.26. The fourth-order valence-corrected chi connectivity index (χ4v) is 3.54. The van der Waals surface area contributed by atoms with E-state index in [0.717, 1.165) is 6.07 Å². The normalized spacial score (nSPS) is 18.2. The van der Waals surface area contributed by atoms with E-state index >= 15 is 0 Å². The quantitative estimate of drug-likeness (QED) is 0.830. The van der Waals surface area contributed by atoms with E-state index in [-0.39, 0.29) is 9.37 Å². The average molecular weight is 324 g/mol. The van der Waals surface area contributed by atoms with Gasteiger partial charge in [0.05, 0.1) is 22.6 Å². The number of hydrogen-bond donors (Lipinski definition) is 0. The number of rotatable bonds is 2. The van der Waals surface area contributed by atoms with Gasteiger partial charge in [-0.1, -0.05) is 0 Å². The Kier molecular flexibility index (Phi) is 3.82. The van der Waals surface area contributed by atoms with Crippen molar-refractivity contribution in [2.75, 3.05) is 26.3 Å². The van der Waals surface area contributed by atoms with Gasteiger partial charge in [0.25, 0.3) is 0 Å². The van der Waals surface area contributed by atoms with E-state index in [1.165, 1.54) is 16.4 Å². The molecule has 17 heavy (non-hydrogen) atoms. The lowest BCUT2D eigenvalue weighted by Crippen LogP contribution is -2.40. The summed E-state index contributed by atoms with van der Waals surface area (Å²) >= 11 is 2.98. The maximum atomic E-state index is 13.1. The number of nitrogens with zero attached hydrogens (tertiary/aromatic N) is 1. The van der Waals surface area contributed by atoms with Crippen molar-refractivity contribution in [1.29, 1.82) is 0 Å². The number of hydrogen-bond acceptors (Lipinski definition) is 3. The summed E-state index contributed by atoms with van der Waals surface area (Å²) in [6.45, 7) is 1.44. The monoisotopic (exact) mass is 323 g/mol.